The van der Waals surface area contributed by atoms with Crippen LogP contribution >= 0.6 is 0 Å². The van der Waals surface area contributed by atoms with Gasteiger partial charge in [0.2, 0.25) is 0 Å². The standard InChI is InChI=1S/C20H25N5O2/c1-15-17(13-25(4)21-15)12-24(3)20(26)19-10-18(27-22-19)14-23(2)11-16-8-6-5-7-9-16/h5-10,13H,11-12,14H2,1-4H3. The summed E-state index contributed by atoms with van der Waals surface area (Å²) in [7, 11) is 5.63. The van der Waals surface area contributed by atoms with Crippen molar-refractivity contribution in [2.75, 3.05) is 14.1 Å². The molecule has 27 heavy (non-hydrogen) atoms. The SMILES string of the molecule is Cc1nn(C)cc1CN(C)C(=O)c1cc(CN(C)Cc2ccccc2)on1. The smallest absolute Gasteiger partial charge is 0.276 e. The zero-order valence-electron chi connectivity index (χ0n) is 16.2. The number of benzene rings is 1. The largest absolute Gasteiger partial charge is 0.359 e. The van der Waals surface area contributed by atoms with Crippen LogP contribution in [-0.4, -0.2) is 44.7 Å². The Kier molecular flexibility index (Phi) is 5.71. The molecule has 0 radical (unpaired) electrons. The zero-order valence-corrected chi connectivity index (χ0v) is 16.2. The van der Waals surface area contributed by atoms with E-state index in [9.17, 15) is 4.79 Å². The molecule has 2 heterocycles. The average Bonchev–Trinajstić information content (AvgIpc) is 3.21. The maximum absolute atomic E-state index is 12.6. The predicted octanol–water partition coefficient (Wildman–Crippen LogP) is 2.62. The minimum Gasteiger partial charge on any atom is -0.359 e. The zero-order chi connectivity index (χ0) is 19.4. The lowest BCUT2D eigenvalue weighted by atomic mass is 10.2. The van der Waals surface area contributed by atoms with Crippen molar-refractivity contribution < 1.29 is 9.32 Å². The van der Waals surface area contributed by atoms with E-state index in [4.69, 9.17) is 4.52 Å². The average molecular weight is 367 g/mol. The molecular weight excluding hydrogens is 342 g/mol. The maximum atomic E-state index is 12.6. The Balaban J connectivity index is 1.59. The van der Waals surface area contributed by atoms with Crippen molar-refractivity contribution in [3.8, 4) is 0 Å². The summed E-state index contributed by atoms with van der Waals surface area (Å²) in [5.74, 6) is 0.502. The Bertz CT molecular complexity index is 900. The number of hydrogen-bond acceptors (Lipinski definition) is 5. The van der Waals surface area contributed by atoms with Crippen molar-refractivity contribution in [1.82, 2.24) is 24.7 Å². The summed E-state index contributed by atoms with van der Waals surface area (Å²) in [6, 6.07) is 11.9. The molecule has 142 valence electrons. The second kappa shape index (κ2) is 8.18. The van der Waals surface area contributed by atoms with Gasteiger partial charge in [-0.15, -0.1) is 0 Å². The van der Waals surface area contributed by atoms with Crippen molar-refractivity contribution in [3.05, 3.63) is 70.9 Å². The lowest BCUT2D eigenvalue weighted by Crippen LogP contribution is -2.26. The van der Waals surface area contributed by atoms with Gasteiger partial charge in [0.15, 0.2) is 11.5 Å². The van der Waals surface area contributed by atoms with Gasteiger partial charge >= 0.3 is 0 Å². The van der Waals surface area contributed by atoms with Crippen LogP contribution in [0.25, 0.3) is 0 Å². The van der Waals surface area contributed by atoms with E-state index in [2.05, 4.69) is 27.3 Å². The number of rotatable bonds is 7. The number of carbonyl (C=O) groups excluding carboxylic acids is 1. The molecule has 3 rings (SSSR count). The summed E-state index contributed by atoms with van der Waals surface area (Å²) in [6.07, 6.45) is 1.92. The molecular formula is C20H25N5O2. The first kappa shape index (κ1) is 18.8. The molecule has 0 bridgehead atoms. The number of amides is 1. The Hall–Kier alpha value is -2.93. The van der Waals surface area contributed by atoms with Gasteiger partial charge < -0.3 is 9.42 Å². The molecule has 0 spiro atoms. The molecule has 0 unspecified atom stereocenters. The highest BCUT2D eigenvalue weighted by Crippen LogP contribution is 2.13. The van der Waals surface area contributed by atoms with Crippen molar-refractivity contribution in [2.45, 2.75) is 26.6 Å². The van der Waals surface area contributed by atoms with Gasteiger partial charge in [0.25, 0.3) is 5.91 Å². The summed E-state index contributed by atoms with van der Waals surface area (Å²) in [4.78, 5) is 16.4. The molecule has 7 heteroatoms. The molecule has 0 atom stereocenters. The van der Waals surface area contributed by atoms with E-state index in [-0.39, 0.29) is 5.91 Å². The van der Waals surface area contributed by atoms with Gasteiger partial charge in [-0.25, -0.2) is 0 Å². The Morgan fingerprint density at radius 2 is 1.89 bits per heavy atom. The third-order valence-corrected chi connectivity index (χ3v) is 4.37. The molecule has 0 saturated carbocycles. The molecule has 0 aliphatic carbocycles. The first-order valence-electron chi connectivity index (χ1n) is 8.85. The topological polar surface area (TPSA) is 67.4 Å². The fraction of sp³-hybridized carbons (Fsp3) is 0.350. The highest BCUT2D eigenvalue weighted by molar-refractivity contribution is 5.92. The quantitative estimate of drug-likeness (QED) is 0.642. The second-order valence-electron chi connectivity index (χ2n) is 6.91. The summed E-state index contributed by atoms with van der Waals surface area (Å²) in [6.45, 7) is 3.80. The highest BCUT2D eigenvalue weighted by atomic mass is 16.5. The van der Waals surface area contributed by atoms with Crippen LogP contribution in [0.1, 0.15) is 33.1 Å². The summed E-state index contributed by atoms with van der Waals surface area (Å²) in [5, 5.41) is 8.26. The number of carbonyl (C=O) groups is 1. The minimum absolute atomic E-state index is 0.168. The lowest BCUT2D eigenvalue weighted by Gasteiger charge is -2.15. The second-order valence-corrected chi connectivity index (χ2v) is 6.91. The molecule has 2 aromatic heterocycles. The number of nitrogens with zero attached hydrogens (tertiary/aromatic N) is 5. The van der Waals surface area contributed by atoms with Gasteiger partial charge in [0.1, 0.15) is 0 Å². The summed E-state index contributed by atoms with van der Waals surface area (Å²) < 4.78 is 7.12. The van der Waals surface area contributed by atoms with E-state index in [1.165, 1.54) is 5.56 Å². The van der Waals surface area contributed by atoms with Crippen molar-refractivity contribution in [2.24, 2.45) is 7.05 Å². The number of aryl methyl sites for hydroxylation is 2. The van der Waals surface area contributed by atoms with Gasteiger partial charge in [0, 0.05) is 45.0 Å². The predicted molar refractivity (Wildman–Crippen MR) is 102 cm³/mol. The molecule has 0 aliphatic heterocycles. The number of aromatic nitrogens is 3. The Morgan fingerprint density at radius 1 is 1.15 bits per heavy atom. The highest BCUT2D eigenvalue weighted by Gasteiger charge is 2.19. The molecule has 1 amide bonds. The molecule has 0 fully saturated rings. The van der Waals surface area contributed by atoms with Gasteiger partial charge in [-0.3, -0.25) is 14.4 Å². The van der Waals surface area contributed by atoms with Crippen LogP contribution < -0.4 is 0 Å². The molecule has 7 nitrogen and oxygen atoms in total. The monoisotopic (exact) mass is 367 g/mol. The number of hydrogen-bond donors (Lipinski definition) is 0. The fourth-order valence-electron chi connectivity index (χ4n) is 3.03. The van der Waals surface area contributed by atoms with E-state index < -0.39 is 0 Å². The third kappa shape index (κ3) is 4.83. The lowest BCUT2D eigenvalue weighted by molar-refractivity contribution is 0.0774. The van der Waals surface area contributed by atoms with Gasteiger partial charge in [0.05, 0.1) is 12.2 Å². The third-order valence-electron chi connectivity index (χ3n) is 4.37. The Morgan fingerprint density at radius 3 is 2.56 bits per heavy atom. The molecule has 0 aliphatic rings. The van der Waals surface area contributed by atoms with Crippen LogP contribution in [0.3, 0.4) is 0 Å². The Labute approximate surface area is 159 Å². The van der Waals surface area contributed by atoms with Crippen LogP contribution in [0.15, 0.2) is 47.1 Å². The van der Waals surface area contributed by atoms with E-state index >= 15 is 0 Å². The van der Waals surface area contributed by atoms with Crippen molar-refractivity contribution >= 4 is 5.91 Å². The van der Waals surface area contributed by atoms with Crippen LogP contribution in [0.4, 0.5) is 0 Å². The first-order chi connectivity index (χ1) is 12.9. The normalized spacial score (nSPS) is 11.1. The molecule has 3 aromatic rings. The van der Waals surface area contributed by atoms with Gasteiger partial charge in [-0.05, 0) is 19.5 Å². The van der Waals surface area contributed by atoms with E-state index in [0.29, 0.717) is 24.5 Å². The van der Waals surface area contributed by atoms with Gasteiger partial charge in [-0.2, -0.15) is 5.10 Å². The molecule has 1 aromatic carbocycles. The van der Waals surface area contributed by atoms with E-state index in [1.54, 1.807) is 22.7 Å². The van der Waals surface area contributed by atoms with E-state index in [1.807, 2.05) is 45.4 Å². The molecule has 0 N–H and O–H groups in total. The maximum Gasteiger partial charge on any atom is 0.276 e. The van der Waals surface area contributed by atoms with Crippen LogP contribution in [0.5, 0.6) is 0 Å². The van der Waals surface area contributed by atoms with Crippen LogP contribution in [0, 0.1) is 6.92 Å². The molecule has 0 saturated heterocycles. The summed E-state index contributed by atoms with van der Waals surface area (Å²) in [5.41, 5.74) is 3.48. The van der Waals surface area contributed by atoms with E-state index in [0.717, 1.165) is 17.8 Å². The summed E-state index contributed by atoms with van der Waals surface area (Å²) >= 11 is 0. The van der Waals surface area contributed by atoms with Gasteiger partial charge in [-0.1, -0.05) is 35.5 Å². The minimum atomic E-state index is -0.168. The van der Waals surface area contributed by atoms with Crippen molar-refractivity contribution in [3.63, 3.8) is 0 Å². The fourth-order valence-corrected chi connectivity index (χ4v) is 3.03. The van der Waals surface area contributed by atoms with Crippen molar-refractivity contribution in [1.29, 1.82) is 0 Å². The van der Waals surface area contributed by atoms with Crippen LogP contribution in [0.2, 0.25) is 0 Å². The first-order valence-corrected chi connectivity index (χ1v) is 8.85. The van der Waals surface area contributed by atoms with Crippen LogP contribution in [-0.2, 0) is 26.7 Å².